The summed E-state index contributed by atoms with van der Waals surface area (Å²) in [5.74, 6) is 0.600. The van der Waals surface area contributed by atoms with E-state index in [9.17, 15) is 5.21 Å². The molecule has 1 heterocycles. The molecule has 1 rings (SSSR count). The number of hydrogen-bond donors (Lipinski definition) is 2. The first-order chi connectivity index (χ1) is 5.38. The van der Waals surface area contributed by atoms with Gasteiger partial charge in [0.2, 0.25) is 5.82 Å². The number of quaternary nitrogens is 1. The topological polar surface area (TPSA) is 55.5 Å². The van der Waals surface area contributed by atoms with Crippen molar-refractivity contribution in [3.05, 3.63) is 41.8 Å². The minimum atomic E-state index is 0.600. The SMILES string of the molecule is C=C/C=C\c1cc[nH]c1[NH2+][O-]. The molecule has 0 aliphatic heterocycles. The fraction of sp³-hybridized carbons (Fsp3) is 0. The third-order valence-corrected chi connectivity index (χ3v) is 1.34. The van der Waals surface area contributed by atoms with E-state index in [4.69, 9.17) is 0 Å². The van der Waals surface area contributed by atoms with E-state index in [2.05, 4.69) is 11.6 Å². The summed E-state index contributed by atoms with van der Waals surface area (Å²) in [6.07, 6.45) is 7.01. The van der Waals surface area contributed by atoms with Gasteiger partial charge >= 0.3 is 0 Å². The van der Waals surface area contributed by atoms with E-state index in [0.717, 1.165) is 11.0 Å². The maximum Gasteiger partial charge on any atom is 0.209 e. The van der Waals surface area contributed by atoms with Crippen LogP contribution in [0.1, 0.15) is 5.56 Å². The van der Waals surface area contributed by atoms with Crippen molar-refractivity contribution < 1.29 is 5.48 Å². The first-order valence-corrected chi connectivity index (χ1v) is 3.30. The molecule has 58 valence electrons. The van der Waals surface area contributed by atoms with Gasteiger partial charge in [-0.15, -0.1) is 0 Å². The smallest absolute Gasteiger partial charge is 0.209 e. The molecule has 1 aromatic rings. The number of nitrogens with one attached hydrogen (secondary N) is 1. The maximum absolute atomic E-state index is 10.4. The number of H-pyrrole nitrogens is 1. The molecule has 3 nitrogen and oxygen atoms in total. The largest absolute Gasteiger partial charge is 0.629 e. The van der Waals surface area contributed by atoms with Crippen LogP contribution in [0.2, 0.25) is 0 Å². The highest BCUT2D eigenvalue weighted by Crippen LogP contribution is 2.08. The Bertz CT molecular complexity index is 263. The van der Waals surface area contributed by atoms with Gasteiger partial charge in [0.1, 0.15) is 0 Å². The van der Waals surface area contributed by atoms with Crippen molar-refractivity contribution in [1.29, 1.82) is 0 Å². The van der Waals surface area contributed by atoms with Crippen molar-refractivity contribution in [2.45, 2.75) is 0 Å². The quantitative estimate of drug-likeness (QED) is 0.488. The molecule has 3 heteroatoms. The molecule has 0 unspecified atom stereocenters. The van der Waals surface area contributed by atoms with Gasteiger partial charge in [0.25, 0.3) is 0 Å². The molecule has 0 bridgehead atoms. The monoisotopic (exact) mass is 150 g/mol. The Morgan fingerprint density at radius 3 is 3.09 bits per heavy atom. The summed E-state index contributed by atoms with van der Waals surface area (Å²) in [7, 11) is 0. The fourth-order valence-electron chi connectivity index (χ4n) is 0.813. The summed E-state index contributed by atoms with van der Waals surface area (Å²) in [6.45, 7) is 3.53. The number of rotatable bonds is 3. The number of allylic oxidation sites excluding steroid dienone is 2. The Hall–Kier alpha value is -1.32. The van der Waals surface area contributed by atoms with Crippen molar-refractivity contribution in [2.24, 2.45) is 0 Å². The molecular weight excluding hydrogens is 140 g/mol. The minimum Gasteiger partial charge on any atom is -0.629 e. The molecule has 0 saturated carbocycles. The van der Waals surface area contributed by atoms with Crippen molar-refractivity contribution in [2.75, 3.05) is 0 Å². The van der Waals surface area contributed by atoms with E-state index in [0.29, 0.717) is 5.82 Å². The number of hydrogen-bond acceptors (Lipinski definition) is 1. The van der Waals surface area contributed by atoms with Gasteiger partial charge in [-0.1, -0.05) is 18.7 Å². The molecule has 0 aliphatic carbocycles. The van der Waals surface area contributed by atoms with Gasteiger partial charge in [0, 0.05) is 6.20 Å². The highest BCUT2D eigenvalue weighted by atomic mass is 16.5. The van der Waals surface area contributed by atoms with Crippen LogP contribution in [0.5, 0.6) is 0 Å². The van der Waals surface area contributed by atoms with Gasteiger partial charge in [0.15, 0.2) is 0 Å². The highest BCUT2D eigenvalue weighted by Gasteiger charge is 1.97. The Labute approximate surface area is 65.0 Å². The summed E-state index contributed by atoms with van der Waals surface area (Å²) < 4.78 is 0. The zero-order chi connectivity index (χ0) is 8.10. The summed E-state index contributed by atoms with van der Waals surface area (Å²) in [6, 6.07) is 1.84. The van der Waals surface area contributed by atoms with Crippen molar-refractivity contribution in [3.63, 3.8) is 0 Å². The lowest BCUT2D eigenvalue weighted by molar-refractivity contribution is -0.501. The van der Waals surface area contributed by atoms with Crippen LogP contribution < -0.4 is 5.48 Å². The molecule has 3 N–H and O–H groups in total. The molecular formula is C8H10N2O. The first-order valence-electron chi connectivity index (χ1n) is 3.30. The Morgan fingerprint density at radius 1 is 1.64 bits per heavy atom. The highest BCUT2D eigenvalue weighted by molar-refractivity contribution is 5.58. The van der Waals surface area contributed by atoms with Crippen LogP contribution >= 0.6 is 0 Å². The van der Waals surface area contributed by atoms with E-state index in [1.807, 2.05) is 12.1 Å². The van der Waals surface area contributed by atoms with Crippen LogP contribution in [0.15, 0.2) is 31.0 Å². The lowest BCUT2D eigenvalue weighted by Gasteiger charge is -1.97. The second-order valence-electron chi connectivity index (χ2n) is 2.06. The fourth-order valence-corrected chi connectivity index (χ4v) is 0.813. The molecule has 0 aliphatic rings. The van der Waals surface area contributed by atoms with Gasteiger partial charge < -0.3 is 15.7 Å². The van der Waals surface area contributed by atoms with Crippen LogP contribution in [0.3, 0.4) is 0 Å². The van der Waals surface area contributed by atoms with E-state index in [-0.39, 0.29) is 0 Å². The van der Waals surface area contributed by atoms with Crippen LogP contribution in [0, 0.1) is 5.21 Å². The molecule has 0 spiro atoms. The zero-order valence-electron chi connectivity index (χ0n) is 6.08. The van der Waals surface area contributed by atoms with Gasteiger partial charge in [0.05, 0.1) is 5.56 Å². The molecule has 0 radical (unpaired) electrons. The van der Waals surface area contributed by atoms with E-state index < -0.39 is 0 Å². The van der Waals surface area contributed by atoms with Crippen LogP contribution in [0.25, 0.3) is 6.08 Å². The summed E-state index contributed by atoms with van der Waals surface area (Å²) in [5.41, 5.74) is 1.68. The minimum absolute atomic E-state index is 0.600. The van der Waals surface area contributed by atoms with Gasteiger partial charge in [-0.2, -0.15) is 0 Å². The van der Waals surface area contributed by atoms with Crippen molar-refractivity contribution in [1.82, 2.24) is 4.98 Å². The standard InChI is InChI=1S/C8H10N2O/c1-2-3-4-7-5-6-9-8(7)10-11/h2-6,9H,1,10H2/b4-3-. The van der Waals surface area contributed by atoms with E-state index >= 15 is 0 Å². The van der Waals surface area contributed by atoms with Gasteiger partial charge in [-0.25, -0.2) is 0 Å². The van der Waals surface area contributed by atoms with Gasteiger partial charge in [-0.3, -0.25) is 0 Å². The molecule has 0 atom stereocenters. The van der Waals surface area contributed by atoms with E-state index in [1.54, 1.807) is 18.3 Å². The Balaban J connectivity index is 2.84. The molecule has 0 fully saturated rings. The second-order valence-corrected chi connectivity index (χ2v) is 2.06. The molecule has 0 aromatic carbocycles. The first kappa shape index (κ1) is 7.78. The third kappa shape index (κ3) is 1.80. The Kier molecular flexibility index (Phi) is 2.66. The molecule has 1 aromatic heterocycles. The predicted octanol–water partition coefficient (Wildman–Crippen LogP) is 0.907. The average Bonchev–Trinajstić information content (AvgIpc) is 2.47. The lowest BCUT2D eigenvalue weighted by atomic mass is 10.3. The zero-order valence-corrected chi connectivity index (χ0v) is 6.08. The van der Waals surface area contributed by atoms with Crippen molar-refractivity contribution in [3.8, 4) is 0 Å². The number of aromatic nitrogens is 1. The van der Waals surface area contributed by atoms with Crippen LogP contribution in [-0.2, 0) is 0 Å². The molecule has 0 saturated heterocycles. The lowest BCUT2D eigenvalue weighted by Crippen LogP contribution is -2.70. The average molecular weight is 150 g/mol. The van der Waals surface area contributed by atoms with Crippen molar-refractivity contribution >= 4 is 11.9 Å². The molecule has 11 heavy (non-hydrogen) atoms. The summed E-state index contributed by atoms with van der Waals surface area (Å²) in [4.78, 5) is 2.81. The Morgan fingerprint density at radius 2 is 2.45 bits per heavy atom. The third-order valence-electron chi connectivity index (χ3n) is 1.34. The van der Waals surface area contributed by atoms with Crippen LogP contribution in [0.4, 0.5) is 5.82 Å². The predicted molar refractivity (Wildman–Crippen MR) is 45.0 cm³/mol. The summed E-state index contributed by atoms with van der Waals surface area (Å²) >= 11 is 0. The van der Waals surface area contributed by atoms with Crippen LogP contribution in [-0.4, -0.2) is 4.98 Å². The normalized spacial score (nSPS) is 10.6. The van der Waals surface area contributed by atoms with E-state index in [1.165, 1.54) is 0 Å². The number of aromatic amines is 1. The number of nitrogens with two attached hydrogens (primary N) is 1. The van der Waals surface area contributed by atoms with Gasteiger partial charge in [-0.05, 0) is 12.1 Å². The summed E-state index contributed by atoms with van der Waals surface area (Å²) in [5, 5.41) is 10.4. The maximum atomic E-state index is 10.4. The molecule has 0 amide bonds. The second kappa shape index (κ2) is 3.75.